The Hall–Kier alpha value is -1.41. The van der Waals surface area contributed by atoms with Crippen LogP contribution in [0.2, 0.25) is 0 Å². The van der Waals surface area contributed by atoms with Crippen molar-refractivity contribution in [2.75, 3.05) is 37.7 Å². The van der Waals surface area contributed by atoms with E-state index in [1.807, 2.05) is 18.7 Å². The molecule has 2 aliphatic rings. The molecule has 0 saturated carbocycles. The highest BCUT2D eigenvalue weighted by molar-refractivity contribution is 7.91. The summed E-state index contributed by atoms with van der Waals surface area (Å²) in [4.78, 5) is 16.5. The highest BCUT2D eigenvalue weighted by Crippen LogP contribution is 2.22. The second kappa shape index (κ2) is 6.24. The van der Waals surface area contributed by atoms with E-state index in [-0.39, 0.29) is 23.3 Å². The summed E-state index contributed by atoms with van der Waals surface area (Å²) >= 11 is 0. The largest absolute Gasteiger partial charge is 0.361 e. The normalized spacial score (nSPS) is 25.0. The molecule has 2 saturated heterocycles. The molecule has 0 N–H and O–H groups in total. The predicted molar refractivity (Wildman–Crippen MR) is 84.6 cm³/mol. The monoisotopic (exact) mass is 341 g/mol. The molecular weight excluding hydrogens is 318 g/mol. The minimum Gasteiger partial charge on any atom is -0.361 e. The summed E-state index contributed by atoms with van der Waals surface area (Å²) in [5.41, 5.74) is 2.03. The van der Waals surface area contributed by atoms with E-state index in [1.54, 1.807) is 0 Å². The Morgan fingerprint density at radius 2 is 1.96 bits per heavy atom. The third-order valence-electron chi connectivity index (χ3n) is 4.83. The number of carbonyl (C=O) groups excluding carboxylic acids is 1. The molecule has 8 heteroatoms. The lowest BCUT2D eigenvalue weighted by Gasteiger charge is -2.35. The van der Waals surface area contributed by atoms with Crippen LogP contribution in [0.4, 0.5) is 0 Å². The van der Waals surface area contributed by atoms with Gasteiger partial charge in [-0.3, -0.25) is 9.69 Å². The number of nitrogens with zero attached hydrogens (tertiary/aromatic N) is 3. The predicted octanol–water partition coefficient (Wildman–Crippen LogP) is 0.370. The van der Waals surface area contributed by atoms with Gasteiger partial charge in [-0.1, -0.05) is 5.16 Å². The quantitative estimate of drug-likeness (QED) is 0.790. The summed E-state index contributed by atoms with van der Waals surface area (Å²) in [5.74, 6) is 0.676. The van der Waals surface area contributed by atoms with E-state index in [1.165, 1.54) is 0 Å². The maximum atomic E-state index is 12.4. The van der Waals surface area contributed by atoms with Crippen LogP contribution in [0.5, 0.6) is 0 Å². The topological polar surface area (TPSA) is 83.7 Å². The molecule has 23 heavy (non-hydrogen) atoms. The van der Waals surface area contributed by atoms with Gasteiger partial charge in [-0.15, -0.1) is 0 Å². The third-order valence-corrected chi connectivity index (χ3v) is 6.60. The molecule has 1 amide bonds. The van der Waals surface area contributed by atoms with E-state index in [4.69, 9.17) is 4.52 Å². The minimum atomic E-state index is -3.01. The lowest BCUT2D eigenvalue weighted by molar-refractivity contribution is -0.136. The SMILES string of the molecule is Cc1noc(C)c1CN1CCN(C(=O)C2CCS(=O)(=O)C2)CC1. The molecule has 1 unspecified atom stereocenters. The van der Waals surface area contributed by atoms with E-state index < -0.39 is 9.84 Å². The first kappa shape index (κ1) is 16.4. The van der Waals surface area contributed by atoms with Crippen molar-refractivity contribution in [3.05, 3.63) is 17.0 Å². The highest BCUT2D eigenvalue weighted by atomic mass is 32.2. The number of sulfone groups is 1. The van der Waals surface area contributed by atoms with Gasteiger partial charge in [0, 0.05) is 38.3 Å². The maximum absolute atomic E-state index is 12.4. The Morgan fingerprint density at radius 3 is 2.48 bits per heavy atom. The van der Waals surface area contributed by atoms with Crippen LogP contribution >= 0.6 is 0 Å². The molecule has 0 spiro atoms. The first-order chi connectivity index (χ1) is 10.9. The lowest BCUT2D eigenvalue weighted by atomic mass is 10.1. The fraction of sp³-hybridized carbons (Fsp3) is 0.733. The second-order valence-electron chi connectivity index (χ2n) is 6.50. The number of aryl methyl sites for hydroxylation is 2. The Morgan fingerprint density at radius 1 is 1.26 bits per heavy atom. The Balaban J connectivity index is 1.53. The summed E-state index contributed by atoms with van der Waals surface area (Å²) in [5, 5.41) is 3.97. The number of amides is 1. The van der Waals surface area contributed by atoms with Crippen molar-refractivity contribution in [3.63, 3.8) is 0 Å². The molecule has 0 aromatic carbocycles. The van der Waals surface area contributed by atoms with Crippen LogP contribution in [-0.4, -0.2) is 67.0 Å². The Bertz CT molecular complexity index is 670. The van der Waals surface area contributed by atoms with E-state index in [0.29, 0.717) is 19.5 Å². The number of carbonyl (C=O) groups is 1. The van der Waals surface area contributed by atoms with Gasteiger partial charge < -0.3 is 9.42 Å². The third kappa shape index (κ3) is 3.58. The number of piperazine rings is 1. The van der Waals surface area contributed by atoms with E-state index in [0.717, 1.165) is 36.7 Å². The second-order valence-corrected chi connectivity index (χ2v) is 8.73. The van der Waals surface area contributed by atoms with Crippen molar-refractivity contribution in [2.45, 2.75) is 26.8 Å². The van der Waals surface area contributed by atoms with Gasteiger partial charge in [-0.05, 0) is 20.3 Å². The molecule has 1 aromatic rings. The average Bonchev–Trinajstić information content (AvgIpc) is 3.04. The maximum Gasteiger partial charge on any atom is 0.226 e. The first-order valence-electron chi connectivity index (χ1n) is 7.99. The smallest absolute Gasteiger partial charge is 0.226 e. The summed E-state index contributed by atoms with van der Waals surface area (Å²) < 4.78 is 28.2. The van der Waals surface area contributed by atoms with Gasteiger partial charge in [-0.2, -0.15) is 0 Å². The van der Waals surface area contributed by atoms with Crippen LogP contribution in [0.1, 0.15) is 23.4 Å². The van der Waals surface area contributed by atoms with Gasteiger partial charge in [0.25, 0.3) is 0 Å². The zero-order chi connectivity index (χ0) is 16.6. The summed E-state index contributed by atoms with van der Waals surface area (Å²) in [6.07, 6.45) is 0.473. The van der Waals surface area contributed by atoms with Crippen LogP contribution in [0, 0.1) is 19.8 Å². The summed E-state index contributed by atoms with van der Waals surface area (Å²) in [6, 6.07) is 0. The fourth-order valence-corrected chi connectivity index (χ4v) is 5.06. The Kier molecular flexibility index (Phi) is 4.46. The van der Waals surface area contributed by atoms with Crippen molar-refractivity contribution >= 4 is 15.7 Å². The minimum absolute atomic E-state index is 0.00284. The summed E-state index contributed by atoms with van der Waals surface area (Å²) in [6.45, 7) is 7.50. The molecule has 7 nitrogen and oxygen atoms in total. The summed E-state index contributed by atoms with van der Waals surface area (Å²) in [7, 11) is -3.01. The zero-order valence-electron chi connectivity index (χ0n) is 13.6. The number of hydrogen-bond acceptors (Lipinski definition) is 6. The van der Waals surface area contributed by atoms with Crippen LogP contribution in [0.25, 0.3) is 0 Å². The van der Waals surface area contributed by atoms with E-state index in [2.05, 4.69) is 10.1 Å². The van der Waals surface area contributed by atoms with Crippen molar-refractivity contribution < 1.29 is 17.7 Å². The van der Waals surface area contributed by atoms with Crippen molar-refractivity contribution in [1.82, 2.24) is 15.0 Å². The molecule has 3 heterocycles. The van der Waals surface area contributed by atoms with Crippen LogP contribution in [-0.2, 0) is 21.2 Å². The van der Waals surface area contributed by atoms with Crippen molar-refractivity contribution in [2.24, 2.45) is 5.92 Å². The molecular formula is C15H23N3O4S. The van der Waals surface area contributed by atoms with Gasteiger partial charge in [0.2, 0.25) is 5.91 Å². The van der Waals surface area contributed by atoms with Crippen molar-refractivity contribution in [3.8, 4) is 0 Å². The number of aromatic nitrogens is 1. The fourth-order valence-electron chi connectivity index (χ4n) is 3.33. The van der Waals surface area contributed by atoms with Gasteiger partial charge >= 0.3 is 0 Å². The lowest BCUT2D eigenvalue weighted by Crippen LogP contribution is -2.50. The van der Waals surface area contributed by atoms with Gasteiger partial charge in [0.1, 0.15) is 5.76 Å². The van der Waals surface area contributed by atoms with Crippen LogP contribution < -0.4 is 0 Å². The van der Waals surface area contributed by atoms with Crippen molar-refractivity contribution in [1.29, 1.82) is 0 Å². The molecule has 3 rings (SSSR count). The van der Waals surface area contributed by atoms with Crippen LogP contribution in [0.3, 0.4) is 0 Å². The number of hydrogen-bond donors (Lipinski definition) is 0. The standard InChI is InChI=1S/C15H23N3O4S/c1-11-14(12(2)22-16-11)9-17-4-6-18(7-5-17)15(19)13-3-8-23(20,21)10-13/h13H,3-10H2,1-2H3. The van der Waals surface area contributed by atoms with E-state index >= 15 is 0 Å². The molecule has 2 fully saturated rings. The van der Waals surface area contributed by atoms with Crippen LogP contribution in [0.15, 0.2) is 4.52 Å². The molecule has 0 bridgehead atoms. The molecule has 1 atom stereocenters. The molecule has 0 radical (unpaired) electrons. The first-order valence-corrected chi connectivity index (χ1v) is 9.81. The molecule has 2 aliphatic heterocycles. The average molecular weight is 341 g/mol. The van der Waals surface area contributed by atoms with E-state index in [9.17, 15) is 13.2 Å². The number of rotatable bonds is 3. The van der Waals surface area contributed by atoms with Gasteiger partial charge in [0.05, 0.1) is 23.1 Å². The molecule has 0 aliphatic carbocycles. The Labute approximate surface area is 136 Å². The van der Waals surface area contributed by atoms with Gasteiger partial charge in [0.15, 0.2) is 9.84 Å². The zero-order valence-corrected chi connectivity index (χ0v) is 14.4. The molecule has 128 valence electrons. The highest BCUT2D eigenvalue weighted by Gasteiger charge is 2.36. The molecule has 1 aromatic heterocycles. The van der Waals surface area contributed by atoms with Gasteiger partial charge in [-0.25, -0.2) is 8.42 Å².